The lowest BCUT2D eigenvalue weighted by Gasteiger charge is -2.05. The predicted octanol–water partition coefficient (Wildman–Crippen LogP) is 9.06. The summed E-state index contributed by atoms with van der Waals surface area (Å²) in [6.45, 7) is 2.09. The Morgan fingerprint density at radius 2 is 0.857 bits per heavy atom. The number of carbonyl (C=O) groups excluding carboxylic acids is 3. The lowest BCUT2D eigenvalue weighted by molar-refractivity contribution is -0.142. The smallest absolute Gasteiger partial charge is 0.310 e. The summed E-state index contributed by atoms with van der Waals surface area (Å²) in [5.74, 6) is 1.32. The number of rotatable bonds is 15. The van der Waals surface area contributed by atoms with Gasteiger partial charge in [0.15, 0.2) is 0 Å². The van der Waals surface area contributed by atoms with E-state index in [9.17, 15) is 24.3 Å². The highest BCUT2D eigenvalue weighted by Gasteiger charge is 2.21. The zero-order valence-corrected chi connectivity index (χ0v) is 33.1. The molecule has 0 fully saturated rings. The lowest BCUT2D eigenvalue weighted by Crippen LogP contribution is -2.07. The van der Waals surface area contributed by atoms with E-state index in [1.54, 1.807) is 96.0 Å². The second kappa shape index (κ2) is 19.4. The van der Waals surface area contributed by atoms with Gasteiger partial charge in [0, 0.05) is 20.9 Å². The number of ether oxygens (including phenoxy) is 5. The third-order valence-corrected chi connectivity index (χ3v) is 10.9. The maximum atomic E-state index is 13.0. The van der Waals surface area contributed by atoms with E-state index < -0.39 is 5.97 Å². The van der Waals surface area contributed by atoms with E-state index in [1.165, 1.54) is 22.7 Å². The van der Waals surface area contributed by atoms with Gasteiger partial charge in [-0.2, -0.15) is 0 Å². The molecule has 0 saturated heterocycles. The van der Waals surface area contributed by atoms with E-state index in [-0.39, 0.29) is 30.4 Å². The van der Waals surface area contributed by atoms with Gasteiger partial charge in [-0.25, -0.2) is 0 Å². The highest BCUT2D eigenvalue weighted by Crippen LogP contribution is 2.37. The average Bonchev–Trinajstić information content (AvgIpc) is 3.85. The fraction of sp³-hybridized carbons (Fsp3) is 0.182. The molecule has 0 amide bonds. The molecule has 56 heavy (non-hydrogen) atoms. The second-order valence-electron chi connectivity index (χ2n) is 12.1. The van der Waals surface area contributed by atoms with Crippen LogP contribution in [0.15, 0.2) is 109 Å². The van der Waals surface area contributed by atoms with Crippen molar-refractivity contribution in [3.8, 4) is 43.9 Å². The van der Waals surface area contributed by atoms with Crippen molar-refractivity contribution in [2.75, 3.05) is 35.0 Å². The van der Waals surface area contributed by atoms with Gasteiger partial charge in [0.2, 0.25) is 11.6 Å². The summed E-state index contributed by atoms with van der Waals surface area (Å²) in [5.41, 5.74) is 4.26. The van der Waals surface area contributed by atoms with Gasteiger partial charge in [0.1, 0.15) is 23.0 Å². The number of benzene rings is 4. The Hall–Kier alpha value is -6.24. The van der Waals surface area contributed by atoms with Crippen molar-refractivity contribution < 1.29 is 48.0 Å². The number of carbonyl (C=O) groups is 4. The van der Waals surface area contributed by atoms with Crippen LogP contribution in [0, 0.1) is 0 Å². The number of aliphatic carboxylic acids is 1. The fourth-order valence-corrected chi connectivity index (χ4v) is 7.91. The molecule has 2 heterocycles. The first-order chi connectivity index (χ1) is 27.1. The van der Waals surface area contributed by atoms with Crippen molar-refractivity contribution in [2.45, 2.75) is 19.8 Å². The van der Waals surface area contributed by atoms with Crippen molar-refractivity contribution in [1.82, 2.24) is 0 Å². The van der Waals surface area contributed by atoms with Crippen LogP contribution in [-0.2, 0) is 27.2 Å². The number of hydrogen-bond acceptors (Lipinski definition) is 11. The number of thiophene rings is 2. The van der Waals surface area contributed by atoms with Crippen LogP contribution < -0.4 is 18.9 Å². The first-order valence-electron chi connectivity index (χ1n) is 17.4. The highest BCUT2D eigenvalue weighted by molar-refractivity contribution is 7.18. The molecule has 1 N–H and O–H groups in total. The molecule has 0 saturated carbocycles. The van der Waals surface area contributed by atoms with Crippen LogP contribution in [-0.4, -0.2) is 63.7 Å². The molecule has 0 bridgehead atoms. The molecule has 2 aromatic heterocycles. The molecular formula is C44H40O10S2. The van der Waals surface area contributed by atoms with E-state index >= 15 is 0 Å². The van der Waals surface area contributed by atoms with E-state index in [2.05, 4.69) is 0 Å². The minimum Gasteiger partial charge on any atom is -0.497 e. The monoisotopic (exact) mass is 792 g/mol. The van der Waals surface area contributed by atoms with Crippen LogP contribution in [0.1, 0.15) is 48.5 Å². The van der Waals surface area contributed by atoms with Crippen molar-refractivity contribution in [2.24, 2.45) is 0 Å². The van der Waals surface area contributed by atoms with Gasteiger partial charge in [-0.1, -0.05) is 0 Å². The van der Waals surface area contributed by atoms with Gasteiger partial charge >= 0.3 is 11.9 Å². The third kappa shape index (κ3) is 10.3. The molecule has 0 aliphatic carbocycles. The summed E-state index contributed by atoms with van der Waals surface area (Å²) in [6, 6.07) is 32.2. The van der Waals surface area contributed by atoms with Crippen molar-refractivity contribution in [1.29, 1.82) is 0 Å². The molecule has 0 unspecified atom stereocenters. The van der Waals surface area contributed by atoms with Crippen LogP contribution in [0.3, 0.4) is 0 Å². The topological polar surface area (TPSA) is 135 Å². The number of carboxylic acid groups (broad SMARTS) is 1. The highest BCUT2D eigenvalue weighted by atomic mass is 32.1. The maximum Gasteiger partial charge on any atom is 0.310 e. The van der Waals surface area contributed by atoms with Gasteiger partial charge < -0.3 is 28.8 Å². The largest absolute Gasteiger partial charge is 0.497 e. The Balaban J connectivity index is 0.000000215. The summed E-state index contributed by atoms with van der Waals surface area (Å²) in [5, 5.41) is 9.23. The fourth-order valence-electron chi connectivity index (χ4n) is 5.62. The quantitative estimate of drug-likeness (QED) is 0.0793. The van der Waals surface area contributed by atoms with Gasteiger partial charge in [-0.15, -0.1) is 22.7 Å². The standard InChI is InChI=1S/C23H22O5S.C21H18O5S/c1-4-28-21(24)14-17-13-20(22(25)15-5-9-18(26-2)10-6-15)29-23(17)16-7-11-19(27-3)12-8-16;1-25-16-7-3-13(4-8-16)20(24)18-11-15(12-19(22)23)21(27-18)14-5-9-17(26-2)10-6-14/h5-13H,4,14H2,1-3H3;3-11H,12H2,1-2H3,(H,22,23). The number of carboxylic acids is 1. The molecule has 0 spiro atoms. The molecule has 6 rings (SSSR count). The van der Waals surface area contributed by atoms with Crippen molar-refractivity contribution >= 4 is 46.2 Å². The number of esters is 1. The minimum atomic E-state index is -0.939. The van der Waals surface area contributed by atoms with Gasteiger partial charge in [0.05, 0.1) is 57.6 Å². The van der Waals surface area contributed by atoms with Crippen molar-refractivity contribution in [3.63, 3.8) is 0 Å². The second-order valence-corrected chi connectivity index (χ2v) is 14.2. The molecule has 0 radical (unpaired) electrons. The van der Waals surface area contributed by atoms with Crippen LogP contribution in [0.5, 0.6) is 23.0 Å². The molecule has 6 aromatic rings. The molecule has 0 aliphatic heterocycles. The Bertz CT molecular complexity index is 2270. The Morgan fingerprint density at radius 3 is 1.18 bits per heavy atom. The van der Waals surface area contributed by atoms with Crippen LogP contribution in [0.4, 0.5) is 0 Å². The number of methoxy groups -OCH3 is 4. The zero-order valence-electron chi connectivity index (χ0n) is 31.5. The van der Waals surface area contributed by atoms with Gasteiger partial charge in [0.25, 0.3) is 0 Å². The molecule has 12 heteroatoms. The minimum absolute atomic E-state index is 0.0949. The van der Waals surface area contributed by atoms with E-state index in [4.69, 9.17) is 23.7 Å². The Morgan fingerprint density at radius 1 is 0.518 bits per heavy atom. The van der Waals surface area contributed by atoms with Crippen LogP contribution >= 0.6 is 22.7 Å². The Kier molecular flexibility index (Phi) is 14.2. The summed E-state index contributed by atoms with van der Waals surface area (Å²) >= 11 is 2.67. The first kappa shape index (κ1) is 40.9. The average molecular weight is 793 g/mol. The summed E-state index contributed by atoms with van der Waals surface area (Å²) < 4.78 is 25.7. The predicted molar refractivity (Wildman–Crippen MR) is 217 cm³/mol. The maximum absolute atomic E-state index is 13.0. The summed E-state index contributed by atoms with van der Waals surface area (Å²) in [6.07, 6.45) is -0.0324. The normalized spacial score (nSPS) is 10.4. The zero-order chi connectivity index (χ0) is 40.2. The van der Waals surface area contributed by atoms with E-state index in [1.807, 2.05) is 48.5 Å². The molecule has 288 valence electrons. The third-order valence-electron chi connectivity index (χ3n) is 8.46. The molecular weight excluding hydrogens is 753 g/mol. The van der Waals surface area contributed by atoms with Gasteiger partial charge in [-0.3, -0.25) is 19.2 Å². The first-order valence-corrected chi connectivity index (χ1v) is 19.0. The van der Waals surface area contributed by atoms with E-state index in [0.29, 0.717) is 50.3 Å². The van der Waals surface area contributed by atoms with Crippen LogP contribution in [0.2, 0.25) is 0 Å². The summed E-state index contributed by atoms with van der Waals surface area (Å²) in [4.78, 5) is 51.9. The van der Waals surface area contributed by atoms with Gasteiger partial charge in [-0.05, 0) is 138 Å². The molecule has 0 aliphatic rings. The SMILES string of the molecule is CCOC(=O)Cc1cc(C(=O)c2ccc(OC)cc2)sc1-c1ccc(OC)cc1.COc1ccc(C(=O)c2cc(CC(=O)O)c(-c3ccc(OC)cc3)s2)cc1. The molecule has 10 nitrogen and oxygen atoms in total. The van der Waals surface area contributed by atoms with Crippen LogP contribution in [0.25, 0.3) is 20.9 Å². The van der Waals surface area contributed by atoms with E-state index in [0.717, 1.165) is 32.2 Å². The number of ketones is 2. The van der Waals surface area contributed by atoms with Crippen molar-refractivity contribution in [3.05, 3.63) is 141 Å². The summed E-state index contributed by atoms with van der Waals surface area (Å²) in [7, 11) is 6.34. The Labute approximate surface area is 332 Å². The lowest BCUT2D eigenvalue weighted by atomic mass is 10.0. The molecule has 0 atom stereocenters. The number of hydrogen-bond donors (Lipinski definition) is 1. The molecule has 4 aromatic carbocycles.